The van der Waals surface area contributed by atoms with Crippen LogP contribution in [0.4, 0.5) is 4.39 Å². The summed E-state index contributed by atoms with van der Waals surface area (Å²) < 4.78 is 13.5. The topological polar surface area (TPSA) is 23.8 Å². The molecule has 90 valence electrons. The van der Waals surface area contributed by atoms with Crippen LogP contribution in [0.15, 0.2) is 42.5 Å². The number of rotatable bonds is 3. The first kappa shape index (κ1) is 12.3. The van der Waals surface area contributed by atoms with E-state index in [0.29, 0.717) is 5.56 Å². The van der Waals surface area contributed by atoms with Crippen LogP contribution in [0.3, 0.4) is 0 Å². The third kappa shape index (κ3) is 2.57. The molecule has 0 radical (unpaired) electrons. The number of benzene rings is 2. The fourth-order valence-electron chi connectivity index (χ4n) is 1.95. The fraction of sp³-hybridized carbons (Fsp3) is 0.188. The zero-order valence-corrected chi connectivity index (χ0v) is 10.3. The van der Waals surface area contributed by atoms with Gasteiger partial charge in [0.05, 0.1) is 11.6 Å². The molecule has 0 saturated heterocycles. The van der Waals surface area contributed by atoms with Gasteiger partial charge in [0.15, 0.2) is 0 Å². The average Bonchev–Trinajstić information content (AvgIpc) is 2.42. The first-order valence-corrected chi connectivity index (χ1v) is 6.03. The minimum Gasteiger partial charge on any atom is -0.207 e. The van der Waals surface area contributed by atoms with Crippen molar-refractivity contribution in [3.63, 3.8) is 0 Å². The summed E-state index contributed by atoms with van der Waals surface area (Å²) in [6.07, 6.45) is 1.67. The quantitative estimate of drug-likeness (QED) is 0.782. The molecule has 0 saturated carbocycles. The van der Waals surface area contributed by atoms with Crippen LogP contribution in [0.5, 0.6) is 0 Å². The molecule has 0 N–H and O–H groups in total. The second-order valence-electron chi connectivity index (χ2n) is 4.25. The molecular formula is C16H14FN. The van der Waals surface area contributed by atoms with Crippen molar-refractivity contribution in [2.24, 2.45) is 0 Å². The molecule has 0 aliphatic rings. The predicted octanol–water partition coefficient (Wildman–Crippen LogP) is 4.32. The maximum absolute atomic E-state index is 13.5. The molecule has 0 unspecified atom stereocenters. The SMILES string of the molecule is CCCc1cc(-c2ccc(C#N)cc2)ccc1F. The second-order valence-corrected chi connectivity index (χ2v) is 4.25. The molecule has 0 fully saturated rings. The highest BCUT2D eigenvalue weighted by atomic mass is 19.1. The third-order valence-corrected chi connectivity index (χ3v) is 2.91. The number of hydrogen-bond acceptors (Lipinski definition) is 1. The molecule has 0 aliphatic carbocycles. The van der Waals surface area contributed by atoms with Crippen LogP contribution in [0.1, 0.15) is 24.5 Å². The van der Waals surface area contributed by atoms with E-state index in [1.165, 1.54) is 6.07 Å². The number of halogens is 1. The summed E-state index contributed by atoms with van der Waals surface area (Å²) in [7, 11) is 0. The summed E-state index contributed by atoms with van der Waals surface area (Å²) in [6, 6.07) is 14.6. The van der Waals surface area contributed by atoms with Gasteiger partial charge in [-0.25, -0.2) is 4.39 Å². The van der Waals surface area contributed by atoms with Gasteiger partial charge in [0, 0.05) is 0 Å². The summed E-state index contributed by atoms with van der Waals surface area (Å²) in [5.74, 6) is -0.144. The summed E-state index contributed by atoms with van der Waals surface area (Å²) in [5, 5.41) is 8.75. The van der Waals surface area contributed by atoms with E-state index in [0.717, 1.165) is 29.5 Å². The lowest BCUT2D eigenvalue weighted by atomic mass is 10.00. The molecule has 0 heterocycles. The normalized spacial score (nSPS) is 10.1. The second kappa shape index (κ2) is 5.46. The van der Waals surface area contributed by atoms with E-state index in [1.807, 2.05) is 25.1 Å². The zero-order chi connectivity index (χ0) is 13.0. The Morgan fingerprint density at radius 2 is 1.72 bits per heavy atom. The average molecular weight is 239 g/mol. The molecule has 1 nitrogen and oxygen atoms in total. The van der Waals surface area contributed by atoms with Gasteiger partial charge in [0.25, 0.3) is 0 Å². The smallest absolute Gasteiger partial charge is 0.126 e. The number of hydrogen-bond donors (Lipinski definition) is 0. The largest absolute Gasteiger partial charge is 0.207 e. The van der Waals surface area contributed by atoms with Crippen molar-refractivity contribution in [3.05, 3.63) is 59.4 Å². The Morgan fingerprint density at radius 1 is 1.06 bits per heavy atom. The summed E-state index contributed by atoms with van der Waals surface area (Å²) in [6.45, 7) is 2.04. The Balaban J connectivity index is 2.38. The lowest BCUT2D eigenvalue weighted by Gasteiger charge is -2.06. The van der Waals surface area contributed by atoms with E-state index in [-0.39, 0.29) is 5.82 Å². The van der Waals surface area contributed by atoms with E-state index in [1.54, 1.807) is 18.2 Å². The Morgan fingerprint density at radius 3 is 2.33 bits per heavy atom. The molecule has 0 bridgehead atoms. The number of nitriles is 1. The van der Waals surface area contributed by atoms with Gasteiger partial charge in [-0.05, 0) is 47.4 Å². The molecule has 0 aromatic heterocycles. The van der Waals surface area contributed by atoms with Gasteiger partial charge in [-0.2, -0.15) is 5.26 Å². The highest BCUT2D eigenvalue weighted by molar-refractivity contribution is 5.65. The van der Waals surface area contributed by atoms with E-state index in [2.05, 4.69) is 6.07 Å². The van der Waals surface area contributed by atoms with Gasteiger partial charge < -0.3 is 0 Å². The van der Waals surface area contributed by atoms with Gasteiger partial charge >= 0.3 is 0 Å². The number of aryl methyl sites for hydroxylation is 1. The van der Waals surface area contributed by atoms with E-state index < -0.39 is 0 Å². The van der Waals surface area contributed by atoms with Crippen molar-refractivity contribution in [3.8, 4) is 17.2 Å². The molecule has 2 rings (SSSR count). The highest BCUT2D eigenvalue weighted by Gasteiger charge is 2.04. The van der Waals surface area contributed by atoms with Crippen LogP contribution in [0.25, 0.3) is 11.1 Å². The fourth-order valence-corrected chi connectivity index (χ4v) is 1.95. The summed E-state index contributed by atoms with van der Waals surface area (Å²) >= 11 is 0. The monoisotopic (exact) mass is 239 g/mol. The van der Waals surface area contributed by atoms with Crippen LogP contribution in [0.2, 0.25) is 0 Å². The predicted molar refractivity (Wildman–Crippen MR) is 70.5 cm³/mol. The lowest BCUT2D eigenvalue weighted by molar-refractivity contribution is 0.607. The minimum absolute atomic E-state index is 0.144. The van der Waals surface area contributed by atoms with Crippen molar-refractivity contribution in [1.82, 2.24) is 0 Å². The number of nitrogens with zero attached hydrogens (tertiary/aromatic N) is 1. The maximum Gasteiger partial charge on any atom is 0.126 e. The maximum atomic E-state index is 13.5. The minimum atomic E-state index is -0.144. The third-order valence-electron chi connectivity index (χ3n) is 2.91. The molecule has 0 aliphatic heterocycles. The van der Waals surface area contributed by atoms with Gasteiger partial charge in [-0.15, -0.1) is 0 Å². The zero-order valence-electron chi connectivity index (χ0n) is 10.3. The molecule has 18 heavy (non-hydrogen) atoms. The van der Waals surface area contributed by atoms with Crippen molar-refractivity contribution in [2.75, 3.05) is 0 Å². The first-order valence-electron chi connectivity index (χ1n) is 6.03. The highest BCUT2D eigenvalue weighted by Crippen LogP contribution is 2.23. The van der Waals surface area contributed by atoms with Crippen LogP contribution in [-0.4, -0.2) is 0 Å². The standard InChI is InChI=1S/C16H14FN/c1-2-3-15-10-14(8-9-16(15)17)13-6-4-12(11-18)5-7-13/h4-10H,2-3H2,1H3. The molecule has 2 aromatic carbocycles. The molecular weight excluding hydrogens is 225 g/mol. The molecule has 0 amide bonds. The Hall–Kier alpha value is -2.14. The Kier molecular flexibility index (Phi) is 3.74. The van der Waals surface area contributed by atoms with Crippen LogP contribution >= 0.6 is 0 Å². The van der Waals surface area contributed by atoms with Crippen LogP contribution < -0.4 is 0 Å². The van der Waals surface area contributed by atoms with Gasteiger partial charge in [0.1, 0.15) is 5.82 Å². The molecule has 2 heteroatoms. The van der Waals surface area contributed by atoms with E-state index in [9.17, 15) is 4.39 Å². The van der Waals surface area contributed by atoms with Crippen molar-refractivity contribution in [2.45, 2.75) is 19.8 Å². The molecule has 2 aromatic rings. The van der Waals surface area contributed by atoms with E-state index in [4.69, 9.17) is 5.26 Å². The summed E-state index contributed by atoms with van der Waals surface area (Å²) in [5.41, 5.74) is 3.38. The van der Waals surface area contributed by atoms with Gasteiger partial charge in [-0.1, -0.05) is 31.5 Å². The molecule has 0 atom stereocenters. The van der Waals surface area contributed by atoms with E-state index >= 15 is 0 Å². The van der Waals surface area contributed by atoms with Crippen molar-refractivity contribution >= 4 is 0 Å². The van der Waals surface area contributed by atoms with Crippen LogP contribution in [-0.2, 0) is 6.42 Å². The molecule has 0 spiro atoms. The Labute approximate surface area is 107 Å². The van der Waals surface area contributed by atoms with Gasteiger partial charge in [0.2, 0.25) is 0 Å². The van der Waals surface area contributed by atoms with Gasteiger partial charge in [-0.3, -0.25) is 0 Å². The van der Waals surface area contributed by atoms with Crippen molar-refractivity contribution < 1.29 is 4.39 Å². The van der Waals surface area contributed by atoms with Crippen LogP contribution in [0, 0.1) is 17.1 Å². The first-order chi connectivity index (χ1) is 8.74. The summed E-state index contributed by atoms with van der Waals surface area (Å²) in [4.78, 5) is 0. The Bertz CT molecular complexity index is 579. The van der Waals surface area contributed by atoms with Crippen molar-refractivity contribution in [1.29, 1.82) is 5.26 Å². The lowest BCUT2D eigenvalue weighted by Crippen LogP contribution is -1.90.